The van der Waals surface area contributed by atoms with Crippen LogP contribution in [0, 0.1) is 19.8 Å². The number of furan rings is 1. The average Bonchev–Trinajstić information content (AvgIpc) is 2.78. The molecular formula is C16H19NO4. The van der Waals surface area contributed by atoms with Crippen LogP contribution in [0.1, 0.15) is 35.5 Å². The molecule has 1 aromatic heterocycles. The minimum Gasteiger partial charge on any atom is -0.480 e. The molecule has 0 radical (unpaired) electrons. The number of hydrogen-bond acceptors (Lipinski definition) is 3. The first-order valence-corrected chi connectivity index (χ1v) is 6.84. The van der Waals surface area contributed by atoms with Crippen molar-refractivity contribution in [3.63, 3.8) is 0 Å². The van der Waals surface area contributed by atoms with E-state index in [0.717, 1.165) is 16.5 Å². The molecule has 1 atom stereocenters. The summed E-state index contributed by atoms with van der Waals surface area (Å²) in [4.78, 5) is 23.3. The van der Waals surface area contributed by atoms with Gasteiger partial charge >= 0.3 is 5.97 Å². The molecule has 0 aliphatic carbocycles. The molecule has 0 saturated carbocycles. The summed E-state index contributed by atoms with van der Waals surface area (Å²) < 4.78 is 5.52. The Kier molecular flexibility index (Phi) is 4.02. The van der Waals surface area contributed by atoms with Crippen LogP contribution in [0.2, 0.25) is 0 Å². The molecule has 2 aromatic rings. The maximum absolute atomic E-state index is 12.1. The first-order chi connectivity index (χ1) is 9.79. The van der Waals surface area contributed by atoms with Gasteiger partial charge < -0.3 is 14.8 Å². The molecule has 0 aliphatic heterocycles. The van der Waals surface area contributed by atoms with Crippen molar-refractivity contribution < 1.29 is 19.1 Å². The van der Waals surface area contributed by atoms with Crippen molar-refractivity contribution in [2.24, 2.45) is 5.92 Å². The van der Waals surface area contributed by atoms with E-state index >= 15 is 0 Å². The zero-order valence-electron chi connectivity index (χ0n) is 12.6. The van der Waals surface area contributed by atoms with Crippen molar-refractivity contribution >= 4 is 22.8 Å². The fourth-order valence-electron chi connectivity index (χ4n) is 2.14. The smallest absolute Gasteiger partial charge is 0.326 e. The summed E-state index contributed by atoms with van der Waals surface area (Å²) in [6.07, 6.45) is 0. The molecule has 0 bridgehead atoms. The number of carboxylic acid groups (broad SMARTS) is 1. The Morgan fingerprint density at radius 3 is 2.33 bits per heavy atom. The van der Waals surface area contributed by atoms with Crippen LogP contribution in [0.3, 0.4) is 0 Å². The normalized spacial score (nSPS) is 12.6. The van der Waals surface area contributed by atoms with Crippen molar-refractivity contribution in [2.45, 2.75) is 33.7 Å². The second-order valence-corrected chi connectivity index (χ2v) is 5.62. The van der Waals surface area contributed by atoms with Crippen LogP contribution in [0.5, 0.6) is 0 Å². The number of carbonyl (C=O) groups is 2. The zero-order valence-corrected chi connectivity index (χ0v) is 12.6. The predicted molar refractivity (Wildman–Crippen MR) is 79.4 cm³/mol. The lowest BCUT2D eigenvalue weighted by Gasteiger charge is -2.16. The zero-order chi connectivity index (χ0) is 15.7. The number of aryl methyl sites for hydroxylation is 2. The Morgan fingerprint density at radius 1 is 1.14 bits per heavy atom. The van der Waals surface area contributed by atoms with E-state index in [1.54, 1.807) is 19.9 Å². The fraction of sp³-hybridized carbons (Fsp3) is 0.375. The molecule has 112 valence electrons. The Balaban J connectivity index is 2.29. The van der Waals surface area contributed by atoms with E-state index in [-0.39, 0.29) is 11.7 Å². The highest BCUT2D eigenvalue weighted by Gasteiger charge is 2.25. The van der Waals surface area contributed by atoms with E-state index in [9.17, 15) is 9.59 Å². The van der Waals surface area contributed by atoms with Crippen LogP contribution in [0.4, 0.5) is 0 Å². The van der Waals surface area contributed by atoms with Crippen LogP contribution in [0.25, 0.3) is 11.0 Å². The van der Waals surface area contributed by atoms with E-state index in [0.29, 0.717) is 5.58 Å². The highest BCUT2D eigenvalue weighted by Crippen LogP contribution is 2.23. The van der Waals surface area contributed by atoms with Crippen LogP contribution >= 0.6 is 0 Å². The van der Waals surface area contributed by atoms with Gasteiger partial charge in [0.05, 0.1) is 0 Å². The summed E-state index contributed by atoms with van der Waals surface area (Å²) in [6, 6.07) is 4.52. The number of aliphatic carboxylic acids is 1. The molecular weight excluding hydrogens is 270 g/mol. The average molecular weight is 289 g/mol. The quantitative estimate of drug-likeness (QED) is 0.907. The summed E-state index contributed by atoms with van der Waals surface area (Å²) in [6.45, 7) is 7.44. The van der Waals surface area contributed by atoms with Crippen LogP contribution < -0.4 is 5.32 Å². The van der Waals surface area contributed by atoms with Gasteiger partial charge in [0.15, 0.2) is 5.76 Å². The van der Waals surface area contributed by atoms with E-state index in [1.165, 1.54) is 0 Å². The van der Waals surface area contributed by atoms with Crippen LogP contribution in [0.15, 0.2) is 22.6 Å². The minimum absolute atomic E-state index is 0.127. The highest BCUT2D eigenvalue weighted by atomic mass is 16.4. The summed E-state index contributed by atoms with van der Waals surface area (Å²) >= 11 is 0. The SMILES string of the molecule is Cc1cc2cc(C(=O)NC(C(=O)O)C(C)C)oc2cc1C. The van der Waals surface area contributed by atoms with E-state index in [4.69, 9.17) is 9.52 Å². The molecule has 21 heavy (non-hydrogen) atoms. The second kappa shape index (κ2) is 5.60. The van der Waals surface area contributed by atoms with Gasteiger partial charge in [0.2, 0.25) is 0 Å². The standard InChI is InChI=1S/C16H19NO4/c1-8(2)14(16(19)20)17-15(18)13-7-11-5-9(3)10(4)6-12(11)21-13/h5-8,14H,1-4H3,(H,17,18)(H,19,20). The molecule has 1 heterocycles. The number of carbonyl (C=O) groups excluding carboxylic acids is 1. The van der Waals surface area contributed by atoms with Gasteiger partial charge in [-0.3, -0.25) is 4.79 Å². The van der Waals surface area contributed by atoms with Gasteiger partial charge in [-0.15, -0.1) is 0 Å². The third kappa shape index (κ3) is 3.07. The molecule has 0 aliphatic rings. The number of nitrogens with one attached hydrogen (secondary N) is 1. The molecule has 0 spiro atoms. The van der Waals surface area contributed by atoms with Crippen LogP contribution in [-0.4, -0.2) is 23.0 Å². The Hall–Kier alpha value is -2.30. The van der Waals surface area contributed by atoms with Crippen molar-refractivity contribution in [3.05, 3.63) is 35.1 Å². The number of benzene rings is 1. The lowest BCUT2D eigenvalue weighted by atomic mass is 10.0. The van der Waals surface area contributed by atoms with Gasteiger partial charge in [-0.05, 0) is 49.1 Å². The van der Waals surface area contributed by atoms with Crippen molar-refractivity contribution in [3.8, 4) is 0 Å². The lowest BCUT2D eigenvalue weighted by molar-refractivity contribution is -0.140. The van der Waals surface area contributed by atoms with Gasteiger partial charge in [0.25, 0.3) is 5.91 Å². The molecule has 1 aromatic carbocycles. The summed E-state index contributed by atoms with van der Waals surface area (Å²) in [7, 11) is 0. The highest BCUT2D eigenvalue weighted by molar-refractivity contribution is 5.98. The maximum Gasteiger partial charge on any atom is 0.326 e. The van der Waals surface area contributed by atoms with Crippen molar-refractivity contribution in [1.29, 1.82) is 0 Å². The Bertz CT molecular complexity index is 661. The second-order valence-electron chi connectivity index (χ2n) is 5.62. The number of hydrogen-bond donors (Lipinski definition) is 2. The first kappa shape index (κ1) is 15.1. The monoisotopic (exact) mass is 289 g/mol. The summed E-state index contributed by atoms with van der Waals surface area (Å²) in [5.74, 6) is -1.65. The molecule has 1 amide bonds. The third-order valence-corrected chi connectivity index (χ3v) is 3.58. The molecule has 2 N–H and O–H groups in total. The Morgan fingerprint density at radius 2 is 1.76 bits per heavy atom. The maximum atomic E-state index is 12.1. The lowest BCUT2D eigenvalue weighted by Crippen LogP contribution is -2.44. The molecule has 0 saturated heterocycles. The number of fused-ring (bicyclic) bond motifs is 1. The van der Waals surface area contributed by atoms with Gasteiger partial charge in [-0.2, -0.15) is 0 Å². The Labute approximate surface area is 122 Å². The van der Waals surface area contributed by atoms with E-state index in [2.05, 4.69) is 5.32 Å². The van der Waals surface area contributed by atoms with Gasteiger partial charge in [-0.25, -0.2) is 4.79 Å². The molecule has 2 rings (SSSR count). The largest absolute Gasteiger partial charge is 0.480 e. The number of rotatable bonds is 4. The van der Waals surface area contributed by atoms with Crippen molar-refractivity contribution in [2.75, 3.05) is 0 Å². The molecule has 0 fully saturated rings. The number of amides is 1. The summed E-state index contributed by atoms with van der Waals surface area (Å²) in [5.41, 5.74) is 2.81. The van der Waals surface area contributed by atoms with Crippen molar-refractivity contribution in [1.82, 2.24) is 5.32 Å². The van der Waals surface area contributed by atoms with Gasteiger partial charge in [-0.1, -0.05) is 13.8 Å². The first-order valence-electron chi connectivity index (χ1n) is 6.84. The molecule has 5 heteroatoms. The van der Waals surface area contributed by atoms with Gasteiger partial charge in [0.1, 0.15) is 11.6 Å². The van der Waals surface area contributed by atoms with E-state index < -0.39 is 17.9 Å². The van der Waals surface area contributed by atoms with E-state index in [1.807, 2.05) is 26.0 Å². The summed E-state index contributed by atoms with van der Waals surface area (Å²) in [5, 5.41) is 12.4. The predicted octanol–water partition coefficient (Wildman–Crippen LogP) is 2.89. The van der Waals surface area contributed by atoms with Gasteiger partial charge in [0, 0.05) is 5.39 Å². The fourth-order valence-corrected chi connectivity index (χ4v) is 2.14. The topological polar surface area (TPSA) is 79.5 Å². The third-order valence-electron chi connectivity index (χ3n) is 3.58. The molecule has 5 nitrogen and oxygen atoms in total. The minimum atomic E-state index is -1.05. The van der Waals surface area contributed by atoms with Crippen LogP contribution in [-0.2, 0) is 4.79 Å². The molecule has 1 unspecified atom stereocenters. The number of carboxylic acids is 1.